The molecule has 1 aliphatic heterocycles. The van der Waals surface area contributed by atoms with E-state index in [0.717, 1.165) is 73.2 Å². The number of hydrogen-bond acceptors (Lipinski definition) is 2. The summed E-state index contributed by atoms with van der Waals surface area (Å²) in [5, 5.41) is 1.40. The molecule has 2 nitrogen and oxygen atoms in total. The Morgan fingerprint density at radius 1 is 1.03 bits per heavy atom. The number of aromatic nitrogens is 1. The molecule has 0 N–H and O–H groups in total. The van der Waals surface area contributed by atoms with Crippen LogP contribution in [0.1, 0.15) is 29.7 Å². The van der Waals surface area contributed by atoms with Crippen LogP contribution in [-0.4, -0.2) is 29.5 Å². The molecule has 156 valence electrons. The molecule has 0 radical (unpaired) electrons. The van der Waals surface area contributed by atoms with Gasteiger partial charge in [0, 0.05) is 30.4 Å². The van der Waals surface area contributed by atoms with Crippen molar-refractivity contribution in [1.82, 2.24) is 9.88 Å². The minimum absolute atomic E-state index is 0.254. The summed E-state index contributed by atoms with van der Waals surface area (Å²) in [7, 11) is 0. The van der Waals surface area contributed by atoms with Gasteiger partial charge in [-0.25, -0.2) is 4.39 Å². The Kier molecular flexibility index (Phi) is 5.86. The van der Waals surface area contributed by atoms with E-state index in [-0.39, 0.29) is 5.82 Å². The van der Waals surface area contributed by atoms with Crippen LogP contribution >= 0.6 is 0 Å². The first-order chi connectivity index (χ1) is 14.4. The van der Waals surface area contributed by atoms with Gasteiger partial charge in [0.1, 0.15) is 5.82 Å². The van der Waals surface area contributed by atoms with E-state index in [9.17, 15) is 17.6 Å². The molecule has 3 aromatic rings. The first kappa shape index (κ1) is 20.5. The highest BCUT2D eigenvalue weighted by molar-refractivity contribution is 5.82. The van der Waals surface area contributed by atoms with Crippen molar-refractivity contribution in [2.24, 2.45) is 0 Å². The molecule has 2 heterocycles. The summed E-state index contributed by atoms with van der Waals surface area (Å²) in [6.45, 7) is 2.58. The second-order valence-electron chi connectivity index (χ2n) is 7.60. The number of aryl methyl sites for hydroxylation is 1. The summed E-state index contributed by atoms with van der Waals surface area (Å²) in [4.78, 5) is 6.70. The largest absolute Gasteiger partial charge is 0.416 e. The number of rotatable bonds is 5. The van der Waals surface area contributed by atoms with E-state index >= 15 is 0 Å². The molecule has 30 heavy (non-hydrogen) atoms. The zero-order chi connectivity index (χ0) is 21.1. The quantitative estimate of drug-likeness (QED) is 0.468. The number of hydrogen-bond donors (Lipinski definition) is 0. The molecule has 0 aliphatic carbocycles. The fourth-order valence-corrected chi connectivity index (χ4v) is 3.85. The lowest BCUT2D eigenvalue weighted by Gasteiger charge is -2.26. The van der Waals surface area contributed by atoms with Crippen LogP contribution in [0.2, 0.25) is 0 Å². The zero-order valence-corrected chi connectivity index (χ0v) is 16.4. The van der Waals surface area contributed by atoms with Gasteiger partial charge >= 0.3 is 6.18 Å². The summed E-state index contributed by atoms with van der Waals surface area (Å²) in [6, 6.07) is 12.4. The van der Waals surface area contributed by atoms with E-state index in [4.69, 9.17) is 0 Å². The molecule has 4 rings (SSSR count). The van der Waals surface area contributed by atoms with Gasteiger partial charge in [-0.1, -0.05) is 30.3 Å². The van der Waals surface area contributed by atoms with E-state index < -0.39 is 11.7 Å². The highest BCUT2D eigenvalue weighted by Crippen LogP contribution is 2.31. The Morgan fingerprint density at radius 2 is 1.83 bits per heavy atom. The van der Waals surface area contributed by atoms with Crippen molar-refractivity contribution in [2.75, 3.05) is 19.6 Å². The summed E-state index contributed by atoms with van der Waals surface area (Å²) < 4.78 is 51.9. The molecule has 0 fully saturated rings. The van der Waals surface area contributed by atoms with Crippen molar-refractivity contribution in [3.8, 4) is 0 Å². The number of pyridine rings is 1. The lowest BCUT2D eigenvalue weighted by atomic mass is 9.98. The van der Waals surface area contributed by atoms with E-state index in [1.165, 1.54) is 6.07 Å². The van der Waals surface area contributed by atoms with Crippen LogP contribution in [0, 0.1) is 5.82 Å². The highest BCUT2D eigenvalue weighted by atomic mass is 19.4. The van der Waals surface area contributed by atoms with Gasteiger partial charge in [-0.3, -0.25) is 9.88 Å². The maximum atomic E-state index is 13.7. The van der Waals surface area contributed by atoms with Crippen molar-refractivity contribution in [3.63, 3.8) is 0 Å². The topological polar surface area (TPSA) is 16.1 Å². The Balaban J connectivity index is 1.30. The predicted molar refractivity (Wildman–Crippen MR) is 111 cm³/mol. The minimum Gasteiger partial charge on any atom is -0.299 e. The Morgan fingerprint density at radius 3 is 2.53 bits per heavy atom. The number of nitrogens with zero attached hydrogens (tertiary/aromatic N) is 2. The SMILES string of the molecule is Fc1cccc2cc(CCCN3CC=C(c4ccc(C(F)(F)F)cc4)CC3)ncc12. The molecular formula is C24H22F4N2. The molecule has 0 bridgehead atoms. The van der Waals surface area contributed by atoms with Gasteiger partial charge in [-0.15, -0.1) is 0 Å². The van der Waals surface area contributed by atoms with E-state index in [2.05, 4.69) is 16.0 Å². The van der Waals surface area contributed by atoms with Crippen molar-refractivity contribution in [2.45, 2.75) is 25.4 Å². The van der Waals surface area contributed by atoms with Crippen LogP contribution in [0.3, 0.4) is 0 Å². The third-order valence-corrected chi connectivity index (χ3v) is 5.55. The smallest absolute Gasteiger partial charge is 0.299 e. The molecule has 2 aromatic carbocycles. The normalized spacial score (nSPS) is 15.4. The van der Waals surface area contributed by atoms with Crippen molar-refractivity contribution >= 4 is 16.3 Å². The second kappa shape index (κ2) is 8.56. The first-order valence-electron chi connectivity index (χ1n) is 10.0. The summed E-state index contributed by atoms with van der Waals surface area (Å²) >= 11 is 0. The number of halogens is 4. The first-order valence-corrected chi connectivity index (χ1v) is 10.0. The van der Waals surface area contributed by atoms with E-state index in [0.29, 0.717) is 5.39 Å². The zero-order valence-electron chi connectivity index (χ0n) is 16.4. The number of alkyl halides is 3. The monoisotopic (exact) mass is 414 g/mol. The molecular weight excluding hydrogens is 392 g/mol. The van der Waals surface area contributed by atoms with Crippen LogP contribution in [-0.2, 0) is 12.6 Å². The Hall–Kier alpha value is -2.73. The summed E-state index contributed by atoms with van der Waals surface area (Å²) in [5.74, 6) is -0.254. The Bertz CT molecular complexity index is 1050. The van der Waals surface area contributed by atoms with Crippen molar-refractivity contribution < 1.29 is 17.6 Å². The highest BCUT2D eigenvalue weighted by Gasteiger charge is 2.30. The maximum absolute atomic E-state index is 13.7. The van der Waals surface area contributed by atoms with Gasteiger partial charge in [-0.05, 0) is 66.6 Å². The molecule has 0 saturated carbocycles. The molecule has 0 amide bonds. The molecule has 1 aromatic heterocycles. The molecule has 0 atom stereocenters. The predicted octanol–water partition coefficient (Wildman–Crippen LogP) is 6.11. The van der Waals surface area contributed by atoms with E-state index in [1.54, 1.807) is 24.4 Å². The van der Waals surface area contributed by atoms with Gasteiger partial charge < -0.3 is 0 Å². The fraction of sp³-hybridized carbons (Fsp3) is 0.292. The van der Waals surface area contributed by atoms with Crippen LogP contribution in [0.5, 0.6) is 0 Å². The van der Waals surface area contributed by atoms with Gasteiger partial charge in [0.15, 0.2) is 0 Å². The van der Waals surface area contributed by atoms with Gasteiger partial charge in [0.2, 0.25) is 0 Å². The molecule has 0 saturated heterocycles. The van der Waals surface area contributed by atoms with Crippen LogP contribution in [0.4, 0.5) is 17.6 Å². The van der Waals surface area contributed by atoms with Crippen LogP contribution < -0.4 is 0 Å². The van der Waals surface area contributed by atoms with Crippen molar-refractivity contribution in [1.29, 1.82) is 0 Å². The number of fused-ring (bicyclic) bond motifs is 1. The molecule has 1 aliphatic rings. The van der Waals surface area contributed by atoms with Crippen LogP contribution in [0.25, 0.3) is 16.3 Å². The van der Waals surface area contributed by atoms with Gasteiger partial charge in [0.25, 0.3) is 0 Å². The van der Waals surface area contributed by atoms with E-state index in [1.807, 2.05) is 12.1 Å². The van der Waals surface area contributed by atoms with Crippen LogP contribution in [0.15, 0.2) is 60.8 Å². The standard InChI is InChI=1S/C24H22F4N2/c25-23-5-1-3-19-15-21(29-16-22(19)23)4-2-12-30-13-10-18(11-14-30)17-6-8-20(9-7-17)24(26,27)28/h1,3,5-10,15-16H,2,4,11-14H2. The lowest BCUT2D eigenvalue weighted by molar-refractivity contribution is -0.137. The lowest BCUT2D eigenvalue weighted by Crippen LogP contribution is -2.29. The molecule has 0 spiro atoms. The summed E-state index contributed by atoms with van der Waals surface area (Å²) in [6.07, 6.45) is 1.97. The third-order valence-electron chi connectivity index (χ3n) is 5.55. The third kappa shape index (κ3) is 4.70. The molecule has 0 unspecified atom stereocenters. The van der Waals surface area contributed by atoms with Crippen molar-refractivity contribution in [3.05, 3.63) is 83.4 Å². The summed E-state index contributed by atoms with van der Waals surface area (Å²) in [5.41, 5.74) is 2.29. The second-order valence-corrected chi connectivity index (χ2v) is 7.60. The fourth-order valence-electron chi connectivity index (χ4n) is 3.85. The minimum atomic E-state index is -4.30. The average Bonchev–Trinajstić information content (AvgIpc) is 2.74. The van der Waals surface area contributed by atoms with Gasteiger partial charge in [-0.2, -0.15) is 13.2 Å². The molecule has 6 heteroatoms. The maximum Gasteiger partial charge on any atom is 0.416 e. The number of benzene rings is 2. The Labute approximate surface area is 172 Å². The van der Waals surface area contributed by atoms with Gasteiger partial charge in [0.05, 0.1) is 5.56 Å². The average molecular weight is 414 g/mol.